The topological polar surface area (TPSA) is 75.6 Å². The lowest BCUT2D eigenvalue weighted by Gasteiger charge is -2.11. The maximum absolute atomic E-state index is 12.0. The van der Waals surface area contributed by atoms with Crippen molar-refractivity contribution in [2.75, 3.05) is 13.2 Å². The largest absolute Gasteiger partial charge is 0.392 e. The molecule has 1 unspecified atom stereocenters. The lowest BCUT2D eigenvalue weighted by atomic mass is 10.2. The van der Waals surface area contributed by atoms with Gasteiger partial charge in [-0.2, -0.15) is 0 Å². The summed E-state index contributed by atoms with van der Waals surface area (Å²) in [5, 5.41) is 8.88. The van der Waals surface area contributed by atoms with Crippen LogP contribution in [0.15, 0.2) is 29.2 Å². The number of ether oxygens (including phenoxy) is 1. The lowest BCUT2D eigenvalue weighted by molar-refractivity contribution is 0.192. The zero-order chi connectivity index (χ0) is 12.3. The summed E-state index contributed by atoms with van der Waals surface area (Å²) in [6.07, 6.45) is 0.702. The third-order valence-corrected chi connectivity index (χ3v) is 4.20. The van der Waals surface area contributed by atoms with Crippen molar-refractivity contribution in [3.63, 3.8) is 0 Å². The molecule has 1 aliphatic rings. The van der Waals surface area contributed by atoms with E-state index in [9.17, 15) is 8.42 Å². The van der Waals surface area contributed by atoms with Crippen LogP contribution in [0.25, 0.3) is 0 Å². The molecule has 0 spiro atoms. The molecule has 2 N–H and O–H groups in total. The molecular weight excluding hydrogens is 242 g/mol. The van der Waals surface area contributed by atoms with Gasteiger partial charge in [0.25, 0.3) is 0 Å². The van der Waals surface area contributed by atoms with Gasteiger partial charge in [-0.1, -0.05) is 12.1 Å². The van der Waals surface area contributed by atoms with E-state index in [2.05, 4.69) is 4.72 Å². The zero-order valence-electron chi connectivity index (χ0n) is 9.30. The molecule has 0 amide bonds. The van der Waals surface area contributed by atoms with Crippen LogP contribution in [-0.4, -0.2) is 32.8 Å². The van der Waals surface area contributed by atoms with Crippen LogP contribution in [0, 0.1) is 0 Å². The molecule has 5 nitrogen and oxygen atoms in total. The first-order chi connectivity index (χ1) is 8.12. The highest BCUT2D eigenvalue weighted by atomic mass is 32.2. The molecule has 1 heterocycles. The predicted molar refractivity (Wildman–Crippen MR) is 61.9 cm³/mol. The van der Waals surface area contributed by atoms with Crippen LogP contribution in [-0.2, 0) is 21.4 Å². The van der Waals surface area contributed by atoms with E-state index in [4.69, 9.17) is 9.84 Å². The fourth-order valence-corrected chi connectivity index (χ4v) is 2.94. The van der Waals surface area contributed by atoms with Crippen molar-refractivity contribution in [2.45, 2.75) is 24.0 Å². The number of aliphatic hydroxyl groups is 1. The Morgan fingerprint density at radius 1 is 1.35 bits per heavy atom. The third kappa shape index (κ3) is 3.04. The minimum Gasteiger partial charge on any atom is -0.392 e. The molecule has 1 aliphatic heterocycles. The third-order valence-electron chi connectivity index (χ3n) is 2.67. The number of hydrogen-bond donors (Lipinski definition) is 2. The van der Waals surface area contributed by atoms with Crippen molar-refractivity contribution < 1.29 is 18.3 Å². The summed E-state index contributed by atoms with van der Waals surface area (Å²) in [4.78, 5) is 0.210. The molecule has 0 radical (unpaired) electrons. The normalized spacial score (nSPS) is 20.6. The summed E-state index contributed by atoms with van der Waals surface area (Å²) >= 11 is 0. The van der Waals surface area contributed by atoms with Crippen molar-refractivity contribution in [1.82, 2.24) is 4.72 Å². The minimum absolute atomic E-state index is 0.0930. The maximum Gasteiger partial charge on any atom is 0.240 e. The number of nitrogens with one attached hydrogen (secondary N) is 1. The van der Waals surface area contributed by atoms with E-state index >= 15 is 0 Å². The van der Waals surface area contributed by atoms with Gasteiger partial charge in [-0.15, -0.1) is 0 Å². The highest BCUT2D eigenvalue weighted by Gasteiger charge is 2.23. The van der Waals surface area contributed by atoms with Crippen LogP contribution in [0.5, 0.6) is 0 Å². The highest BCUT2D eigenvalue weighted by molar-refractivity contribution is 7.89. The van der Waals surface area contributed by atoms with Gasteiger partial charge in [0.2, 0.25) is 10.0 Å². The van der Waals surface area contributed by atoms with Gasteiger partial charge in [0.15, 0.2) is 0 Å². The van der Waals surface area contributed by atoms with Crippen LogP contribution in [0.3, 0.4) is 0 Å². The first kappa shape index (κ1) is 12.5. The summed E-state index contributed by atoms with van der Waals surface area (Å²) in [5.74, 6) is 0. The average molecular weight is 257 g/mol. The zero-order valence-corrected chi connectivity index (χ0v) is 10.1. The van der Waals surface area contributed by atoms with Gasteiger partial charge in [-0.3, -0.25) is 0 Å². The van der Waals surface area contributed by atoms with Gasteiger partial charge in [-0.25, -0.2) is 13.1 Å². The van der Waals surface area contributed by atoms with Gasteiger partial charge in [0.05, 0.1) is 18.1 Å². The molecule has 1 aromatic rings. The molecule has 2 rings (SSSR count). The predicted octanol–water partition coefficient (Wildman–Crippen LogP) is 0.246. The summed E-state index contributed by atoms with van der Waals surface area (Å²) in [7, 11) is -3.48. The molecule has 17 heavy (non-hydrogen) atoms. The van der Waals surface area contributed by atoms with Crippen molar-refractivity contribution in [2.24, 2.45) is 0 Å². The fourth-order valence-electron chi connectivity index (χ4n) is 1.69. The summed E-state index contributed by atoms with van der Waals surface area (Å²) in [6, 6.07) is 6.03. The monoisotopic (exact) mass is 257 g/mol. The number of hydrogen-bond acceptors (Lipinski definition) is 4. The van der Waals surface area contributed by atoms with Crippen LogP contribution in [0.1, 0.15) is 12.0 Å². The fraction of sp³-hybridized carbons (Fsp3) is 0.455. The van der Waals surface area contributed by atoms with E-state index in [0.717, 1.165) is 0 Å². The van der Waals surface area contributed by atoms with Crippen molar-refractivity contribution in [3.8, 4) is 0 Å². The molecule has 0 saturated carbocycles. The first-order valence-corrected chi connectivity index (χ1v) is 6.90. The Bertz CT molecular complexity index is 463. The van der Waals surface area contributed by atoms with Gasteiger partial charge < -0.3 is 9.84 Å². The average Bonchev–Trinajstić information content (AvgIpc) is 2.81. The Morgan fingerprint density at radius 2 is 2.06 bits per heavy atom. The highest BCUT2D eigenvalue weighted by Crippen LogP contribution is 2.13. The van der Waals surface area contributed by atoms with E-state index in [1.165, 1.54) is 12.1 Å². The van der Waals surface area contributed by atoms with Gasteiger partial charge >= 0.3 is 0 Å². The van der Waals surface area contributed by atoms with E-state index in [-0.39, 0.29) is 17.5 Å². The molecule has 0 aliphatic carbocycles. The SMILES string of the molecule is O=S(=O)(NC1CCOC1)c1ccc(CO)cc1. The molecule has 94 valence electrons. The summed E-state index contributed by atoms with van der Waals surface area (Å²) < 4.78 is 31.6. The second kappa shape index (κ2) is 5.14. The van der Waals surface area contributed by atoms with Crippen LogP contribution < -0.4 is 4.72 Å². The smallest absolute Gasteiger partial charge is 0.240 e. The summed E-state index contributed by atoms with van der Waals surface area (Å²) in [5.41, 5.74) is 0.688. The van der Waals surface area contributed by atoms with E-state index in [0.29, 0.717) is 25.2 Å². The molecule has 1 aromatic carbocycles. The van der Waals surface area contributed by atoms with E-state index in [1.807, 2.05) is 0 Å². The molecule has 1 saturated heterocycles. The van der Waals surface area contributed by atoms with Crippen molar-refractivity contribution in [1.29, 1.82) is 0 Å². The second-order valence-corrected chi connectivity index (χ2v) is 5.70. The molecule has 1 fully saturated rings. The van der Waals surface area contributed by atoms with Crippen LogP contribution in [0.2, 0.25) is 0 Å². The lowest BCUT2D eigenvalue weighted by Crippen LogP contribution is -2.34. The molecule has 0 bridgehead atoms. The minimum atomic E-state index is -3.48. The van der Waals surface area contributed by atoms with Crippen molar-refractivity contribution in [3.05, 3.63) is 29.8 Å². The quantitative estimate of drug-likeness (QED) is 0.810. The Balaban J connectivity index is 2.12. The van der Waals surface area contributed by atoms with Crippen LogP contribution in [0.4, 0.5) is 0 Å². The van der Waals surface area contributed by atoms with Crippen molar-refractivity contribution >= 4 is 10.0 Å². The number of sulfonamides is 1. The Labute approximate surface area is 100 Å². The Morgan fingerprint density at radius 3 is 2.59 bits per heavy atom. The Kier molecular flexibility index (Phi) is 3.78. The summed E-state index contributed by atoms with van der Waals surface area (Å²) in [6.45, 7) is 0.925. The van der Waals surface area contributed by atoms with E-state index < -0.39 is 10.0 Å². The molecular formula is C11H15NO4S. The standard InChI is InChI=1S/C11H15NO4S/c13-7-9-1-3-11(4-2-9)17(14,15)12-10-5-6-16-8-10/h1-4,10,12-13H,5-8H2. The second-order valence-electron chi connectivity index (χ2n) is 3.98. The molecule has 1 atom stereocenters. The van der Waals surface area contributed by atoms with Gasteiger partial charge in [-0.05, 0) is 24.1 Å². The van der Waals surface area contributed by atoms with Crippen LogP contribution >= 0.6 is 0 Å². The van der Waals surface area contributed by atoms with E-state index in [1.54, 1.807) is 12.1 Å². The number of benzene rings is 1. The number of aliphatic hydroxyl groups excluding tert-OH is 1. The molecule has 0 aromatic heterocycles. The maximum atomic E-state index is 12.0. The Hall–Kier alpha value is -0.950. The van der Waals surface area contributed by atoms with Gasteiger partial charge in [0.1, 0.15) is 0 Å². The number of rotatable bonds is 4. The van der Waals surface area contributed by atoms with Gasteiger partial charge in [0, 0.05) is 12.6 Å². The first-order valence-electron chi connectivity index (χ1n) is 5.42. The molecule has 6 heteroatoms.